The van der Waals surface area contributed by atoms with Gasteiger partial charge in [0.05, 0.1) is 27.8 Å². The van der Waals surface area contributed by atoms with Crippen LogP contribution in [0, 0.1) is 0 Å². The van der Waals surface area contributed by atoms with Crippen molar-refractivity contribution in [1.29, 1.82) is 0 Å². The van der Waals surface area contributed by atoms with E-state index in [1.807, 2.05) is 6.20 Å². The largest absolute Gasteiger partial charge is 0.309 e. The van der Waals surface area contributed by atoms with Crippen LogP contribution in [0.4, 0.5) is 0 Å². The number of hydrogen-bond acceptors (Lipinski definition) is 1. The zero-order valence-corrected chi connectivity index (χ0v) is 27.2. The summed E-state index contributed by atoms with van der Waals surface area (Å²) in [5.41, 5.74) is 13.9. The molecule has 0 aliphatic rings. The minimum Gasteiger partial charge on any atom is -0.309 e. The third-order valence-electron chi connectivity index (χ3n) is 10.00. The smallest absolute Gasteiger partial charge is 0.0708 e. The van der Waals surface area contributed by atoms with E-state index in [1.54, 1.807) is 0 Å². The second-order valence-corrected chi connectivity index (χ2v) is 12.8. The van der Waals surface area contributed by atoms with Crippen LogP contribution in [0.1, 0.15) is 0 Å². The lowest BCUT2D eigenvalue weighted by molar-refractivity contribution is 1.18. The minimum absolute atomic E-state index is 0.960. The molecule has 0 fully saturated rings. The highest BCUT2D eigenvalue weighted by Crippen LogP contribution is 2.36. The van der Waals surface area contributed by atoms with E-state index in [4.69, 9.17) is 4.98 Å². The van der Waals surface area contributed by atoms with Gasteiger partial charge in [-0.1, -0.05) is 115 Å². The molecule has 0 spiro atoms. The number of benzene rings is 7. The average Bonchev–Trinajstić information content (AvgIpc) is 3.71. The highest BCUT2D eigenvalue weighted by atomic mass is 15.0. The first-order valence-corrected chi connectivity index (χ1v) is 17.0. The number of hydrogen-bond donors (Lipinski definition) is 0. The number of nitrogens with zero attached hydrogens (tertiary/aromatic N) is 3. The third-order valence-corrected chi connectivity index (χ3v) is 10.00. The summed E-state index contributed by atoms with van der Waals surface area (Å²) in [4.78, 5) is 4.76. The van der Waals surface area contributed by atoms with Crippen LogP contribution in [-0.2, 0) is 0 Å². The minimum atomic E-state index is 0.960. The van der Waals surface area contributed by atoms with Crippen molar-refractivity contribution in [2.24, 2.45) is 0 Å². The van der Waals surface area contributed by atoms with Crippen molar-refractivity contribution >= 4 is 43.6 Å². The Hall–Kier alpha value is -6.71. The molecular formula is C47H31N3. The van der Waals surface area contributed by atoms with Crippen LogP contribution in [0.3, 0.4) is 0 Å². The maximum Gasteiger partial charge on any atom is 0.0708 e. The molecule has 3 heterocycles. The molecule has 0 radical (unpaired) electrons. The number of para-hydroxylation sites is 4. The van der Waals surface area contributed by atoms with E-state index in [0.717, 1.165) is 28.1 Å². The van der Waals surface area contributed by atoms with Gasteiger partial charge in [-0.15, -0.1) is 0 Å². The van der Waals surface area contributed by atoms with Gasteiger partial charge in [-0.25, -0.2) is 0 Å². The van der Waals surface area contributed by atoms with Gasteiger partial charge in [-0.3, -0.25) is 4.98 Å². The zero-order valence-electron chi connectivity index (χ0n) is 27.2. The molecule has 0 unspecified atom stereocenters. The van der Waals surface area contributed by atoms with Gasteiger partial charge in [0.1, 0.15) is 0 Å². The summed E-state index contributed by atoms with van der Waals surface area (Å²) in [7, 11) is 0. The van der Waals surface area contributed by atoms with Crippen molar-refractivity contribution in [3.8, 4) is 44.9 Å². The molecule has 10 aromatic rings. The van der Waals surface area contributed by atoms with Gasteiger partial charge >= 0.3 is 0 Å². The summed E-state index contributed by atoms with van der Waals surface area (Å²) in [5.74, 6) is 0. The van der Waals surface area contributed by atoms with E-state index < -0.39 is 0 Å². The Bertz CT molecular complexity index is 2790. The standard InChI is InChI=1S/C47H31N3/c1-2-10-37(11-3-1)49-46-17-9-6-14-41(46)42-30-35(24-27-47(42)49)32-18-20-34(21-19-32)43-31-36(28-29-48-43)33-22-25-38(26-23-33)50-44-15-7-4-12-39(44)40-13-5-8-16-45(40)50/h1-31H. The Kier molecular flexibility index (Phi) is 6.49. The van der Waals surface area contributed by atoms with E-state index in [1.165, 1.54) is 60.4 Å². The molecule has 0 aliphatic carbocycles. The molecule has 0 aliphatic heterocycles. The van der Waals surface area contributed by atoms with Crippen molar-refractivity contribution in [3.05, 3.63) is 188 Å². The van der Waals surface area contributed by atoms with Crippen LogP contribution >= 0.6 is 0 Å². The fourth-order valence-corrected chi connectivity index (χ4v) is 7.61. The normalized spacial score (nSPS) is 11.6. The van der Waals surface area contributed by atoms with E-state index in [9.17, 15) is 0 Å². The summed E-state index contributed by atoms with van der Waals surface area (Å²) in [6.07, 6.45) is 1.91. The molecule has 234 valence electrons. The van der Waals surface area contributed by atoms with Gasteiger partial charge in [0, 0.05) is 44.7 Å². The molecule has 3 nitrogen and oxygen atoms in total. The van der Waals surface area contributed by atoms with Crippen LogP contribution < -0.4 is 0 Å². The van der Waals surface area contributed by atoms with E-state index >= 15 is 0 Å². The Morgan fingerprint density at radius 1 is 0.300 bits per heavy atom. The molecule has 0 bridgehead atoms. The molecule has 10 rings (SSSR count). The van der Waals surface area contributed by atoms with Gasteiger partial charge in [-0.05, 0) is 89.0 Å². The molecule has 0 saturated carbocycles. The Morgan fingerprint density at radius 2 is 0.740 bits per heavy atom. The summed E-state index contributed by atoms with van der Waals surface area (Å²) in [6, 6.07) is 65.3. The Labute approximate surface area is 290 Å². The van der Waals surface area contributed by atoms with Gasteiger partial charge in [0.25, 0.3) is 0 Å². The van der Waals surface area contributed by atoms with Crippen molar-refractivity contribution < 1.29 is 0 Å². The summed E-state index contributed by atoms with van der Waals surface area (Å²) >= 11 is 0. The Balaban J connectivity index is 0.964. The molecule has 50 heavy (non-hydrogen) atoms. The predicted octanol–water partition coefficient (Wildman–Crippen LogP) is 12.3. The van der Waals surface area contributed by atoms with Crippen molar-refractivity contribution in [2.75, 3.05) is 0 Å². The van der Waals surface area contributed by atoms with Crippen molar-refractivity contribution in [2.45, 2.75) is 0 Å². The highest BCUT2D eigenvalue weighted by Gasteiger charge is 2.14. The number of pyridine rings is 1. The summed E-state index contributed by atoms with van der Waals surface area (Å²) in [6.45, 7) is 0. The topological polar surface area (TPSA) is 22.8 Å². The lowest BCUT2D eigenvalue weighted by Crippen LogP contribution is -1.93. The average molecular weight is 638 g/mol. The Morgan fingerprint density at radius 3 is 1.36 bits per heavy atom. The fraction of sp³-hybridized carbons (Fsp3) is 0. The molecule has 0 N–H and O–H groups in total. The summed E-state index contributed by atoms with van der Waals surface area (Å²) in [5, 5.41) is 5.06. The first kappa shape index (κ1) is 28.3. The quantitative estimate of drug-likeness (QED) is 0.184. The number of aromatic nitrogens is 3. The molecular weight excluding hydrogens is 607 g/mol. The van der Waals surface area contributed by atoms with Crippen LogP contribution in [0.25, 0.3) is 88.5 Å². The maximum atomic E-state index is 4.76. The second-order valence-electron chi connectivity index (χ2n) is 12.8. The summed E-state index contributed by atoms with van der Waals surface area (Å²) < 4.78 is 4.71. The molecule has 7 aromatic carbocycles. The van der Waals surface area contributed by atoms with Crippen LogP contribution in [-0.4, -0.2) is 14.1 Å². The lowest BCUT2D eigenvalue weighted by atomic mass is 9.99. The van der Waals surface area contributed by atoms with Crippen molar-refractivity contribution in [3.63, 3.8) is 0 Å². The van der Waals surface area contributed by atoms with Crippen LogP contribution in [0.2, 0.25) is 0 Å². The second kappa shape index (κ2) is 11.5. The SMILES string of the molecule is c1ccc(-n2c3ccccc3c3cc(-c4ccc(-c5cc(-c6ccc(-n7c8ccccc8c8ccccc87)cc6)ccn5)cc4)ccc32)cc1. The zero-order chi connectivity index (χ0) is 33.0. The third kappa shape index (κ3) is 4.56. The highest BCUT2D eigenvalue weighted by molar-refractivity contribution is 6.11. The molecule has 0 amide bonds. The monoisotopic (exact) mass is 637 g/mol. The van der Waals surface area contributed by atoms with Gasteiger partial charge in [-0.2, -0.15) is 0 Å². The lowest BCUT2D eigenvalue weighted by Gasteiger charge is -2.10. The first-order chi connectivity index (χ1) is 24.8. The van der Waals surface area contributed by atoms with Gasteiger partial charge < -0.3 is 9.13 Å². The van der Waals surface area contributed by atoms with E-state index in [0.29, 0.717) is 0 Å². The molecule has 3 heteroatoms. The van der Waals surface area contributed by atoms with Crippen LogP contribution in [0.15, 0.2) is 188 Å². The van der Waals surface area contributed by atoms with Crippen LogP contribution in [0.5, 0.6) is 0 Å². The predicted molar refractivity (Wildman–Crippen MR) is 209 cm³/mol. The van der Waals surface area contributed by atoms with E-state index in [-0.39, 0.29) is 0 Å². The van der Waals surface area contributed by atoms with Gasteiger partial charge in [0.2, 0.25) is 0 Å². The molecule has 0 atom stereocenters. The number of fused-ring (bicyclic) bond motifs is 6. The van der Waals surface area contributed by atoms with E-state index in [2.05, 4.69) is 191 Å². The van der Waals surface area contributed by atoms with Gasteiger partial charge in [0.15, 0.2) is 0 Å². The molecule has 3 aromatic heterocycles. The maximum absolute atomic E-state index is 4.76. The fourth-order valence-electron chi connectivity index (χ4n) is 7.61. The number of rotatable bonds is 5. The van der Waals surface area contributed by atoms with Crippen molar-refractivity contribution in [1.82, 2.24) is 14.1 Å². The first-order valence-electron chi connectivity index (χ1n) is 17.0. The molecule has 0 saturated heterocycles.